The Morgan fingerprint density at radius 1 is 1.28 bits per heavy atom. The topological polar surface area (TPSA) is 99.5 Å². The van der Waals surface area contributed by atoms with Crippen molar-refractivity contribution < 1.29 is 19.1 Å². The van der Waals surface area contributed by atoms with Gasteiger partial charge in [0.2, 0.25) is 5.91 Å². The maximum Gasteiger partial charge on any atom is 0.308 e. The molecule has 0 spiro atoms. The normalized spacial score (nSPS) is 13.8. The number of amides is 2. The van der Waals surface area contributed by atoms with Crippen molar-refractivity contribution in [2.24, 2.45) is 0 Å². The first kappa shape index (κ1) is 20.4. The molecule has 0 saturated carbocycles. The molecule has 1 aliphatic heterocycles. The molecule has 0 unspecified atom stereocenters. The number of nitrogens with zero attached hydrogens (tertiary/aromatic N) is 2. The number of anilines is 2. The lowest BCUT2D eigenvalue weighted by molar-refractivity contribution is -0.152. The number of carbonyl (C=O) groups excluding carboxylic acids is 3. The molecular formula is C21H19N3O4S. The molecule has 2 aromatic rings. The Morgan fingerprint density at radius 3 is 2.86 bits per heavy atom. The number of ether oxygens (including phenoxy) is 1. The van der Waals surface area contributed by atoms with Crippen LogP contribution in [-0.2, 0) is 19.1 Å². The lowest BCUT2D eigenvalue weighted by Gasteiger charge is -2.28. The largest absolute Gasteiger partial charge is 0.452 e. The molecule has 0 fully saturated rings. The average molecular weight is 409 g/mol. The van der Waals surface area contributed by atoms with Crippen molar-refractivity contribution >= 4 is 40.9 Å². The van der Waals surface area contributed by atoms with Gasteiger partial charge >= 0.3 is 5.97 Å². The van der Waals surface area contributed by atoms with Gasteiger partial charge in [-0.3, -0.25) is 14.4 Å². The van der Waals surface area contributed by atoms with Crippen LogP contribution in [0, 0.1) is 11.3 Å². The Labute approximate surface area is 172 Å². The summed E-state index contributed by atoms with van der Waals surface area (Å²) < 4.78 is 5.20. The number of rotatable bonds is 6. The average Bonchev–Trinajstić information content (AvgIpc) is 2.73. The van der Waals surface area contributed by atoms with Crippen molar-refractivity contribution in [3.05, 3.63) is 54.1 Å². The minimum Gasteiger partial charge on any atom is -0.452 e. The number of esters is 1. The predicted molar refractivity (Wildman–Crippen MR) is 109 cm³/mol. The molecule has 0 aliphatic carbocycles. The summed E-state index contributed by atoms with van der Waals surface area (Å²) in [6, 6.07) is 16.0. The predicted octanol–water partition coefficient (Wildman–Crippen LogP) is 2.96. The third kappa shape index (κ3) is 5.15. The van der Waals surface area contributed by atoms with Gasteiger partial charge in [0.25, 0.3) is 5.91 Å². The van der Waals surface area contributed by atoms with Crippen molar-refractivity contribution in [3.8, 4) is 6.07 Å². The molecule has 0 saturated heterocycles. The molecule has 1 atom stereocenters. The first-order valence-electron chi connectivity index (χ1n) is 9.00. The van der Waals surface area contributed by atoms with Crippen molar-refractivity contribution in [3.63, 3.8) is 0 Å². The molecule has 1 aliphatic rings. The Bertz CT molecular complexity index is 986. The van der Waals surface area contributed by atoms with Crippen LogP contribution in [0.4, 0.5) is 11.4 Å². The first-order valence-corrected chi connectivity index (χ1v) is 9.99. The highest BCUT2D eigenvalue weighted by Crippen LogP contribution is 2.34. The number of carbonyl (C=O) groups is 3. The number of nitrogens with one attached hydrogen (secondary N) is 1. The van der Waals surface area contributed by atoms with E-state index in [-0.39, 0.29) is 18.9 Å². The third-order valence-electron chi connectivity index (χ3n) is 4.28. The fourth-order valence-electron chi connectivity index (χ4n) is 2.82. The SMILES string of the molecule is C[C@H](OC(=O)CCN1C(=O)CSc2ccccc21)C(=O)Nc1cccc(C#N)c1. The summed E-state index contributed by atoms with van der Waals surface area (Å²) in [4.78, 5) is 39.2. The van der Waals surface area contributed by atoms with Crippen LogP contribution in [0.5, 0.6) is 0 Å². The molecular weight excluding hydrogens is 390 g/mol. The van der Waals surface area contributed by atoms with Crippen LogP contribution in [0.2, 0.25) is 0 Å². The summed E-state index contributed by atoms with van der Waals surface area (Å²) in [5.74, 6) is -0.803. The minimum atomic E-state index is -1.01. The number of hydrogen-bond donors (Lipinski definition) is 1. The molecule has 0 bridgehead atoms. The van der Waals surface area contributed by atoms with Crippen LogP contribution in [0.25, 0.3) is 0 Å². The fourth-order valence-corrected chi connectivity index (χ4v) is 3.76. The van der Waals surface area contributed by atoms with E-state index in [2.05, 4.69) is 5.32 Å². The first-order chi connectivity index (χ1) is 14.0. The van der Waals surface area contributed by atoms with Gasteiger partial charge < -0.3 is 15.0 Å². The lowest BCUT2D eigenvalue weighted by Crippen LogP contribution is -2.38. The van der Waals surface area contributed by atoms with E-state index >= 15 is 0 Å². The van der Waals surface area contributed by atoms with Crippen LogP contribution < -0.4 is 10.2 Å². The van der Waals surface area contributed by atoms with Gasteiger partial charge in [-0.2, -0.15) is 5.26 Å². The highest BCUT2D eigenvalue weighted by atomic mass is 32.2. The summed E-state index contributed by atoms with van der Waals surface area (Å²) in [6.45, 7) is 1.66. The fraction of sp³-hybridized carbons (Fsp3) is 0.238. The molecule has 148 valence electrons. The number of thioether (sulfide) groups is 1. The van der Waals surface area contributed by atoms with E-state index in [0.717, 1.165) is 10.6 Å². The Balaban J connectivity index is 1.53. The second kappa shape index (κ2) is 9.26. The van der Waals surface area contributed by atoms with E-state index in [1.54, 1.807) is 23.1 Å². The summed E-state index contributed by atoms with van der Waals surface area (Å²) in [6.07, 6.45) is -1.03. The maximum atomic E-state index is 12.2. The zero-order valence-electron chi connectivity index (χ0n) is 15.8. The lowest BCUT2D eigenvalue weighted by atomic mass is 10.2. The van der Waals surface area contributed by atoms with Crippen molar-refractivity contribution in [1.82, 2.24) is 0 Å². The second-order valence-electron chi connectivity index (χ2n) is 6.37. The van der Waals surface area contributed by atoms with Gasteiger partial charge in [0.1, 0.15) is 0 Å². The molecule has 8 heteroatoms. The molecule has 0 aromatic heterocycles. The Hall–Kier alpha value is -3.31. The van der Waals surface area contributed by atoms with Crippen LogP contribution in [0.15, 0.2) is 53.4 Å². The molecule has 3 rings (SSSR count). The van der Waals surface area contributed by atoms with E-state index in [9.17, 15) is 14.4 Å². The summed E-state index contributed by atoms with van der Waals surface area (Å²) in [7, 11) is 0. The summed E-state index contributed by atoms with van der Waals surface area (Å²) in [5, 5.41) is 11.5. The number of benzene rings is 2. The van der Waals surface area contributed by atoms with Crippen LogP contribution in [0.3, 0.4) is 0 Å². The molecule has 0 radical (unpaired) electrons. The van der Waals surface area contributed by atoms with Crippen LogP contribution >= 0.6 is 11.8 Å². The highest BCUT2D eigenvalue weighted by molar-refractivity contribution is 8.00. The van der Waals surface area contributed by atoms with E-state index in [4.69, 9.17) is 10.00 Å². The monoisotopic (exact) mass is 409 g/mol. The summed E-state index contributed by atoms with van der Waals surface area (Å²) in [5.41, 5.74) is 1.65. The van der Waals surface area contributed by atoms with E-state index in [1.807, 2.05) is 30.3 Å². The van der Waals surface area contributed by atoms with Gasteiger partial charge in [0.15, 0.2) is 6.10 Å². The quantitative estimate of drug-likeness (QED) is 0.737. The maximum absolute atomic E-state index is 12.2. The molecule has 2 aromatic carbocycles. The standard InChI is InChI=1S/C21H19N3O4S/c1-14(21(27)23-16-6-4-5-15(11-16)12-22)28-20(26)9-10-24-17-7-2-3-8-18(17)29-13-19(24)25/h2-8,11,14H,9-10,13H2,1H3,(H,23,27)/t14-/m0/s1. The molecule has 29 heavy (non-hydrogen) atoms. The zero-order valence-corrected chi connectivity index (χ0v) is 16.6. The van der Waals surface area contributed by atoms with Crippen molar-refractivity contribution in [1.29, 1.82) is 5.26 Å². The molecule has 2 amide bonds. The van der Waals surface area contributed by atoms with Crippen LogP contribution in [-0.4, -0.2) is 36.2 Å². The van der Waals surface area contributed by atoms with E-state index in [1.165, 1.54) is 24.8 Å². The molecule has 1 N–H and O–H groups in total. The van der Waals surface area contributed by atoms with Gasteiger partial charge in [0.05, 0.1) is 29.5 Å². The van der Waals surface area contributed by atoms with E-state index < -0.39 is 18.0 Å². The highest BCUT2D eigenvalue weighted by Gasteiger charge is 2.25. The molecule has 7 nitrogen and oxygen atoms in total. The Morgan fingerprint density at radius 2 is 2.07 bits per heavy atom. The van der Waals surface area contributed by atoms with Gasteiger partial charge in [-0.05, 0) is 37.3 Å². The zero-order chi connectivity index (χ0) is 20.8. The smallest absolute Gasteiger partial charge is 0.308 e. The second-order valence-corrected chi connectivity index (χ2v) is 7.38. The number of hydrogen-bond acceptors (Lipinski definition) is 6. The van der Waals surface area contributed by atoms with Crippen molar-refractivity contribution in [2.45, 2.75) is 24.3 Å². The van der Waals surface area contributed by atoms with Gasteiger partial charge in [0, 0.05) is 17.1 Å². The van der Waals surface area contributed by atoms with E-state index in [0.29, 0.717) is 17.0 Å². The number of nitriles is 1. The molecule has 1 heterocycles. The number of para-hydroxylation sites is 1. The van der Waals surface area contributed by atoms with Gasteiger partial charge in [-0.1, -0.05) is 18.2 Å². The minimum absolute atomic E-state index is 0.0215. The Kier molecular flexibility index (Phi) is 6.52. The number of fused-ring (bicyclic) bond motifs is 1. The summed E-state index contributed by atoms with van der Waals surface area (Å²) >= 11 is 1.47. The van der Waals surface area contributed by atoms with Crippen LogP contribution in [0.1, 0.15) is 18.9 Å². The van der Waals surface area contributed by atoms with Gasteiger partial charge in [-0.25, -0.2) is 0 Å². The van der Waals surface area contributed by atoms with Crippen molar-refractivity contribution in [2.75, 3.05) is 22.5 Å². The third-order valence-corrected chi connectivity index (χ3v) is 5.33. The van der Waals surface area contributed by atoms with Gasteiger partial charge in [-0.15, -0.1) is 11.8 Å².